The van der Waals surface area contributed by atoms with E-state index >= 15 is 0 Å². The Balaban J connectivity index is 2.02. The van der Waals surface area contributed by atoms with Crippen LogP contribution in [0.15, 0.2) is 18.2 Å². The van der Waals surface area contributed by atoms with Crippen molar-refractivity contribution in [3.8, 4) is 11.1 Å². The molecule has 1 aliphatic heterocycles. The first-order chi connectivity index (χ1) is 14.7. The second-order valence-corrected chi connectivity index (χ2v) is 8.03. The third kappa shape index (κ3) is 3.80. The first-order valence-electron chi connectivity index (χ1n) is 11.1. The molecule has 6 heteroatoms. The molecule has 0 bridgehead atoms. The molecule has 0 saturated carbocycles. The molecule has 3 heterocycles. The summed E-state index contributed by atoms with van der Waals surface area (Å²) in [6, 6.07) is 6.58. The van der Waals surface area contributed by atoms with Crippen LogP contribution in [0.5, 0.6) is 0 Å². The van der Waals surface area contributed by atoms with Crippen molar-refractivity contribution >= 4 is 10.9 Å². The van der Waals surface area contributed by atoms with Gasteiger partial charge in [-0.25, -0.2) is 0 Å². The third-order valence-corrected chi connectivity index (χ3v) is 6.17. The average Bonchev–Trinajstić information content (AvgIpc) is 3.19. The van der Waals surface area contributed by atoms with Gasteiger partial charge in [-0.1, -0.05) is 18.2 Å². The van der Waals surface area contributed by atoms with E-state index < -0.39 is 0 Å². The van der Waals surface area contributed by atoms with Crippen LogP contribution in [0, 0.1) is 6.92 Å². The van der Waals surface area contributed by atoms with E-state index in [0.717, 1.165) is 50.2 Å². The van der Waals surface area contributed by atoms with Crippen molar-refractivity contribution in [1.29, 1.82) is 0 Å². The van der Waals surface area contributed by atoms with Crippen LogP contribution >= 0.6 is 0 Å². The lowest BCUT2D eigenvalue weighted by molar-refractivity contribution is 0.113. The number of hydrogen-bond donors (Lipinski definition) is 1. The summed E-state index contributed by atoms with van der Waals surface area (Å²) in [5, 5.41) is 15.5. The minimum atomic E-state index is 0.198. The highest BCUT2D eigenvalue weighted by molar-refractivity contribution is 5.98. The van der Waals surface area contributed by atoms with Gasteiger partial charge >= 0.3 is 0 Å². The van der Waals surface area contributed by atoms with Gasteiger partial charge in [0, 0.05) is 61.3 Å². The largest absolute Gasteiger partial charge is 0.396 e. The standard InChI is InChI=1S/C24H33N3O3/c1-4-29-16-22-18(11-8-13-28)19-9-7-10-20-23-17(2)26(3)25-21(23)15-30-14-6-5-12-27(22)24(19)20/h7,9-10,28H,4-6,8,11-16H2,1-3H3. The highest BCUT2D eigenvalue weighted by atomic mass is 16.5. The van der Waals surface area contributed by atoms with Gasteiger partial charge in [-0.05, 0) is 45.1 Å². The molecule has 0 atom stereocenters. The fourth-order valence-corrected chi connectivity index (χ4v) is 4.65. The van der Waals surface area contributed by atoms with Crippen molar-refractivity contribution in [2.24, 2.45) is 7.05 Å². The van der Waals surface area contributed by atoms with E-state index in [-0.39, 0.29) is 6.61 Å². The lowest BCUT2D eigenvalue weighted by atomic mass is 9.98. The van der Waals surface area contributed by atoms with Gasteiger partial charge in [0.2, 0.25) is 0 Å². The molecule has 30 heavy (non-hydrogen) atoms. The zero-order chi connectivity index (χ0) is 21.1. The maximum Gasteiger partial charge on any atom is 0.0963 e. The molecule has 0 unspecified atom stereocenters. The predicted molar refractivity (Wildman–Crippen MR) is 119 cm³/mol. The second-order valence-electron chi connectivity index (χ2n) is 8.03. The summed E-state index contributed by atoms with van der Waals surface area (Å²) >= 11 is 0. The van der Waals surface area contributed by atoms with E-state index in [2.05, 4.69) is 29.7 Å². The molecule has 0 amide bonds. The number of aliphatic hydroxyl groups is 1. The predicted octanol–water partition coefficient (Wildman–Crippen LogP) is 4.12. The number of fused-ring (bicyclic) bond motifs is 2. The lowest BCUT2D eigenvalue weighted by Gasteiger charge is -2.14. The van der Waals surface area contributed by atoms with Crippen LogP contribution in [0.2, 0.25) is 0 Å². The maximum absolute atomic E-state index is 9.50. The highest BCUT2D eigenvalue weighted by Gasteiger charge is 2.24. The van der Waals surface area contributed by atoms with Gasteiger partial charge in [0.25, 0.3) is 0 Å². The van der Waals surface area contributed by atoms with Crippen LogP contribution in [0.1, 0.15) is 48.8 Å². The summed E-state index contributed by atoms with van der Waals surface area (Å²) < 4.78 is 16.3. The van der Waals surface area contributed by atoms with E-state index in [1.54, 1.807) is 0 Å². The van der Waals surface area contributed by atoms with Gasteiger partial charge in [-0.2, -0.15) is 5.10 Å². The Morgan fingerprint density at radius 2 is 2.13 bits per heavy atom. The number of ether oxygens (including phenoxy) is 2. The van der Waals surface area contributed by atoms with Gasteiger partial charge in [0.1, 0.15) is 0 Å². The summed E-state index contributed by atoms with van der Waals surface area (Å²) in [6.07, 6.45) is 3.69. The Hall–Kier alpha value is -2.15. The summed E-state index contributed by atoms with van der Waals surface area (Å²) in [4.78, 5) is 0. The van der Waals surface area contributed by atoms with Crippen molar-refractivity contribution in [3.63, 3.8) is 0 Å². The molecule has 4 rings (SSSR count). The smallest absolute Gasteiger partial charge is 0.0963 e. The molecule has 0 saturated heterocycles. The number of benzene rings is 1. The fourth-order valence-electron chi connectivity index (χ4n) is 4.65. The number of nitrogens with zero attached hydrogens (tertiary/aromatic N) is 3. The topological polar surface area (TPSA) is 61.4 Å². The van der Waals surface area contributed by atoms with Crippen molar-refractivity contribution in [2.75, 3.05) is 19.8 Å². The van der Waals surface area contributed by atoms with E-state index in [4.69, 9.17) is 14.6 Å². The zero-order valence-corrected chi connectivity index (χ0v) is 18.4. The van der Waals surface area contributed by atoms with Crippen LogP contribution in [0.25, 0.3) is 22.0 Å². The monoisotopic (exact) mass is 411 g/mol. The Kier molecular flexibility index (Phi) is 6.56. The third-order valence-electron chi connectivity index (χ3n) is 6.17. The molecule has 0 aliphatic carbocycles. The van der Waals surface area contributed by atoms with Crippen LogP contribution in [0.4, 0.5) is 0 Å². The van der Waals surface area contributed by atoms with Gasteiger partial charge < -0.3 is 19.1 Å². The van der Waals surface area contributed by atoms with Gasteiger partial charge in [-0.3, -0.25) is 4.68 Å². The molecule has 6 nitrogen and oxygen atoms in total. The first-order valence-corrected chi connectivity index (χ1v) is 11.1. The van der Waals surface area contributed by atoms with Crippen molar-refractivity contribution < 1.29 is 14.6 Å². The summed E-state index contributed by atoms with van der Waals surface area (Å²) in [6.45, 7) is 7.87. The lowest BCUT2D eigenvalue weighted by Crippen LogP contribution is -2.08. The summed E-state index contributed by atoms with van der Waals surface area (Å²) in [5.41, 5.74) is 8.37. The molecule has 1 aliphatic rings. The Labute approximate surface area is 178 Å². The van der Waals surface area contributed by atoms with E-state index in [1.165, 1.54) is 33.3 Å². The minimum Gasteiger partial charge on any atom is -0.396 e. The van der Waals surface area contributed by atoms with Gasteiger partial charge in [-0.15, -0.1) is 0 Å². The SMILES string of the molecule is CCOCc1c(CCCO)c2cccc3c2n1CCCCOCc1nn(C)c(C)c1-3. The molecule has 1 N–H and O–H groups in total. The molecular formula is C24H33N3O3. The molecule has 0 spiro atoms. The Bertz CT molecular complexity index is 1020. The molecule has 2 aromatic heterocycles. The number of aryl methyl sites for hydroxylation is 3. The normalized spacial score (nSPS) is 14.7. The number of para-hydroxylation sites is 1. The molecule has 0 radical (unpaired) electrons. The van der Waals surface area contributed by atoms with Crippen LogP contribution < -0.4 is 0 Å². The van der Waals surface area contributed by atoms with Crippen molar-refractivity contribution in [2.45, 2.75) is 59.3 Å². The number of hydrogen-bond acceptors (Lipinski definition) is 4. The van der Waals surface area contributed by atoms with Crippen LogP contribution in [0.3, 0.4) is 0 Å². The fraction of sp³-hybridized carbons (Fsp3) is 0.542. The average molecular weight is 412 g/mol. The van der Waals surface area contributed by atoms with Gasteiger partial charge in [0.05, 0.1) is 24.4 Å². The summed E-state index contributed by atoms with van der Waals surface area (Å²) in [7, 11) is 2.00. The van der Waals surface area contributed by atoms with Crippen LogP contribution in [-0.2, 0) is 42.7 Å². The number of aliphatic hydroxyl groups excluding tert-OH is 1. The Morgan fingerprint density at radius 1 is 1.27 bits per heavy atom. The van der Waals surface area contributed by atoms with Crippen LogP contribution in [-0.4, -0.2) is 39.3 Å². The Morgan fingerprint density at radius 3 is 2.93 bits per heavy atom. The van der Waals surface area contributed by atoms with Crippen molar-refractivity contribution in [3.05, 3.63) is 40.8 Å². The molecule has 3 aromatic rings. The maximum atomic E-state index is 9.50. The number of aromatic nitrogens is 3. The van der Waals surface area contributed by atoms with E-state index in [9.17, 15) is 5.11 Å². The zero-order valence-electron chi connectivity index (χ0n) is 18.4. The second kappa shape index (κ2) is 9.33. The first kappa shape index (κ1) is 21.1. The highest BCUT2D eigenvalue weighted by Crippen LogP contribution is 2.38. The number of rotatable bonds is 6. The van der Waals surface area contributed by atoms with E-state index in [0.29, 0.717) is 19.8 Å². The molecule has 0 fully saturated rings. The molecule has 162 valence electrons. The quantitative estimate of drug-likeness (QED) is 0.663. The van der Waals surface area contributed by atoms with Crippen molar-refractivity contribution in [1.82, 2.24) is 14.3 Å². The molecule has 1 aromatic carbocycles. The molecular weight excluding hydrogens is 378 g/mol. The minimum absolute atomic E-state index is 0.198. The van der Waals surface area contributed by atoms with Gasteiger partial charge in [0.15, 0.2) is 0 Å². The van der Waals surface area contributed by atoms with E-state index in [1.807, 2.05) is 18.7 Å². The summed E-state index contributed by atoms with van der Waals surface area (Å²) in [5.74, 6) is 0.